The summed E-state index contributed by atoms with van der Waals surface area (Å²) in [6, 6.07) is 7.07. The highest BCUT2D eigenvalue weighted by atomic mass is 16.5. The Labute approximate surface area is 240 Å². The van der Waals surface area contributed by atoms with Crippen LogP contribution in [-0.2, 0) is 4.79 Å². The highest BCUT2D eigenvalue weighted by Crippen LogP contribution is 2.44. The average molecular weight is 566 g/mol. The van der Waals surface area contributed by atoms with E-state index < -0.39 is 6.04 Å². The molecule has 12 nitrogen and oxygen atoms in total. The Morgan fingerprint density at radius 3 is 2.63 bits per heavy atom. The number of carbonyl (C=O) groups is 2. The normalized spacial score (nSPS) is 21.2. The number of ether oxygens (including phenoxy) is 3. The van der Waals surface area contributed by atoms with Gasteiger partial charge >= 0.3 is 6.03 Å². The second-order valence-electron chi connectivity index (χ2n) is 10.4. The van der Waals surface area contributed by atoms with E-state index in [4.69, 9.17) is 19.2 Å². The van der Waals surface area contributed by atoms with Gasteiger partial charge < -0.3 is 24.4 Å². The van der Waals surface area contributed by atoms with Crippen LogP contribution < -0.4 is 35.9 Å². The van der Waals surface area contributed by atoms with Crippen molar-refractivity contribution in [1.82, 2.24) is 31.5 Å². The monoisotopic (exact) mass is 565 g/mol. The van der Waals surface area contributed by atoms with Crippen LogP contribution in [-0.4, -0.2) is 80.1 Å². The summed E-state index contributed by atoms with van der Waals surface area (Å²) in [5.41, 5.74) is 13.4. The maximum Gasteiger partial charge on any atom is 0.326 e. The van der Waals surface area contributed by atoms with E-state index >= 15 is 0 Å². The Morgan fingerprint density at radius 2 is 1.95 bits per heavy atom. The van der Waals surface area contributed by atoms with E-state index in [0.29, 0.717) is 55.8 Å². The topological polar surface area (TPSA) is 129 Å². The lowest BCUT2D eigenvalue weighted by atomic mass is 9.97. The average Bonchev–Trinajstić information content (AvgIpc) is 3.42. The van der Waals surface area contributed by atoms with Crippen molar-refractivity contribution in [1.29, 1.82) is 0 Å². The molecule has 0 saturated carbocycles. The second-order valence-corrected chi connectivity index (χ2v) is 10.4. The SMILES string of the molecule is CCOc1cc2c(cc1OC)C1CC(=Nc3c(C)cc(C)cc3C)N(CCNC(=O)C3CNNN3)C(=O)N1CCO2. The van der Waals surface area contributed by atoms with Gasteiger partial charge in [0.25, 0.3) is 0 Å². The Hall–Kier alpha value is -3.87. The molecular weight excluding hydrogens is 526 g/mol. The predicted molar refractivity (Wildman–Crippen MR) is 155 cm³/mol. The molecule has 3 amide bonds. The number of nitrogens with zero attached hydrogens (tertiary/aromatic N) is 3. The third-order valence-electron chi connectivity index (χ3n) is 7.55. The van der Waals surface area contributed by atoms with Gasteiger partial charge in [-0.2, -0.15) is 5.53 Å². The van der Waals surface area contributed by atoms with E-state index in [1.807, 2.05) is 37.8 Å². The van der Waals surface area contributed by atoms with Crippen molar-refractivity contribution in [3.63, 3.8) is 0 Å². The minimum absolute atomic E-state index is 0.150. The van der Waals surface area contributed by atoms with Gasteiger partial charge in [-0.15, -0.1) is 0 Å². The summed E-state index contributed by atoms with van der Waals surface area (Å²) in [7, 11) is 1.60. The van der Waals surface area contributed by atoms with Crippen LogP contribution in [0.4, 0.5) is 10.5 Å². The summed E-state index contributed by atoms with van der Waals surface area (Å²) in [4.78, 5) is 35.3. The first-order valence-corrected chi connectivity index (χ1v) is 14.0. The number of aryl methyl sites for hydroxylation is 3. The zero-order valence-corrected chi connectivity index (χ0v) is 24.3. The van der Waals surface area contributed by atoms with E-state index in [2.05, 4.69) is 40.8 Å². The number of hydrazine groups is 2. The third kappa shape index (κ3) is 5.95. The number of methoxy groups -OCH3 is 1. The van der Waals surface area contributed by atoms with Crippen LogP contribution in [0.2, 0.25) is 0 Å². The van der Waals surface area contributed by atoms with Crippen LogP contribution in [0.3, 0.4) is 0 Å². The molecular formula is C29H39N7O5. The number of carbonyl (C=O) groups excluding carboxylic acids is 2. The summed E-state index contributed by atoms with van der Waals surface area (Å²) in [6.45, 7) is 10.3. The summed E-state index contributed by atoms with van der Waals surface area (Å²) in [5, 5.41) is 2.94. The number of fused-ring (bicyclic) bond motifs is 3. The third-order valence-corrected chi connectivity index (χ3v) is 7.55. The molecule has 12 heteroatoms. The Bertz CT molecular complexity index is 1320. The molecule has 0 aliphatic carbocycles. The van der Waals surface area contributed by atoms with Crippen molar-refractivity contribution < 1.29 is 23.8 Å². The molecule has 0 aromatic heterocycles. The number of hydrogen-bond acceptors (Lipinski definition) is 9. The molecule has 2 fully saturated rings. The highest BCUT2D eigenvalue weighted by Gasteiger charge is 2.41. The fraction of sp³-hybridized carbons (Fsp3) is 0.483. The van der Waals surface area contributed by atoms with E-state index in [-0.39, 0.29) is 31.1 Å². The molecule has 2 unspecified atom stereocenters. The van der Waals surface area contributed by atoms with Gasteiger partial charge in [0.2, 0.25) is 5.91 Å². The first-order valence-electron chi connectivity index (χ1n) is 14.0. The van der Waals surface area contributed by atoms with Crippen LogP contribution in [0.15, 0.2) is 29.3 Å². The van der Waals surface area contributed by atoms with Gasteiger partial charge in [-0.3, -0.25) is 9.69 Å². The number of urea groups is 1. The Kier molecular flexibility index (Phi) is 8.62. The molecule has 2 saturated heterocycles. The smallest absolute Gasteiger partial charge is 0.326 e. The number of hydrogen-bond donors (Lipinski definition) is 4. The van der Waals surface area contributed by atoms with Gasteiger partial charge in [-0.25, -0.2) is 20.6 Å². The molecule has 2 aromatic rings. The standard InChI is InChI=1S/C29H39N7O5/c1-6-40-25-15-23-20(13-24(25)39-5)22-14-26(32-27-18(3)11-17(2)12-19(27)4)36(29(38)35(22)9-10-41-23)8-7-30-28(37)21-16-31-34-33-21/h11-13,15,21-22,31,33-34H,6-10,14,16H2,1-5H3,(H,30,37). The van der Waals surface area contributed by atoms with E-state index in [1.165, 1.54) is 0 Å². The summed E-state index contributed by atoms with van der Waals surface area (Å²) >= 11 is 0. The highest BCUT2D eigenvalue weighted by molar-refractivity contribution is 6.02. The molecule has 4 N–H and O–H groups in total. The number of amides is 3. The van der Waals surface area contributed by atoms with Gasteiger partial charge in [-0.1, -0.05) is 17.7 Å². The van der Waals surface area contributed by atoms with Crippen molar-refractivity contribution in [2.24, 2.45) is 4.99 Å². The molecule has 3 heterocycles. The van der Waals surface area contributed by atoms with Gasteiger partial charge in [0.05, 0.1) is 32.0 Å². The molecule has 2 atom stereocenters. The molecule has 0 bridgehead atoms. The maximum absolute atomic E-state index is 14.1. The molecule has 0 spiro atoms. The summed E-state index contributed by atoms with van der Waals surface area (Å²) in [6.07, 6.45) is 0.470. The molecule has 5 rings (SSSR count). The summed E-state index contributed by atoms with van der Waals surface area (Å²) < 4.78 is 17.5. The van der Waals surface area contributed by atoms with Crippen molar-refractivity contribution in [2.75, 3.05) is 46.5 Å². The number of rotatable bonds is 8. The minimum atomic E-state index is -0.391. The molecule has 3 aliphatic rings. The fourth-order valence-electron chi connectivity index (χ4n) is 5.67. The number of amidine groups is 1. The lowest BCUT2D eigenvalue weighted by Crippen LogP contribution is -2.56. The first kappa shape index (κ1) is 28.7. The lowest BCUT2D eigenvalue weighted by molar-refractivity contribution is -0.122. The van der Waals surface area contributed by atoms with Crippen molar-refractivity contribution >= 4 is 23.5 Å². The van der Waals surface area contributed by atoms with Crippen molar-refractivity contribution in [3.05, 3.63) is 46.5 Å². The number of aliphatic imine (C=N–C) groups is 1. The van der Waals surface area contributed by atoms with E-state index in [0.717, 1.165) is 27.9 Å². The van der Waals surface area contributed by atoms with Crippen LogP contribution in [0.1, 0.15) is 41.6 Å². The van der Waals surface area contributed by atoms with E-state index in [9.17, 15) is 9.59 Å². The molecule has 220 valence electrons. The van der Waals surface area contributed by atoms with Crippen LogP contribution in [0, 0.1) is 20.8 Å². The summed E-state index contributed by atoms with van der Waals surface area (Å²) in [5.74, 6) is 2.35. The number of benzene rings is 2. The lowest BCUT2D eigenvalue weighted by Gasteiger charge is -2.41. The largest absolute Gasteiger partial charge is 0.493 e. The zero-order chi connectivity index (χ0) is 29.1. The van der Waals surface area contributed by atoms with Gasteiger partial charge in [0.1, 0.15) is 24.2 Å². The Morgan fingerprint density at radius 1 is 1.17 bits per heavy atom. The van der Waals surface area contributed by atoms with Gasteiger partial charge in [0, 0.05) is 37.7 Å². The van der Waals surface area contributed by atoms with Crippen molar-refractivity contribution in [2.45, 2.75) is 46.2 Å². The van der Waals surface area contributed by atoms with Crippen molar-refractivity contribution in [3.8, 4) is 17.2 Å². The zero-order valence-electron chi connectivity index (χ0n) is 24.3. The molecule has 41 heavy (non-hydrogen) atoms. The van der Waals surface area contributed by atoms with Crippen LogP contribution in [0.5, 0.6) is 17.2 Å². The van der Waals surface area contributed by atoms with Crippen LogP contribution >= 0.6 is 0 Å². The fourth-order valence-corrected chi connectivity index (χ4v) is 5.67. The Balaban J connectivity index is 1.50. The maximum atomic E-state index is 14.1. The van der Waals surface area contributed by atoms with Gasteiger partial charge in [0.15, 0.2) is 11.5 Å². The first-order chi connectivity index (χ1) is 19.8. The molecule has 2 aromatic carbocycles. The predicted octanol–water partition coefficient (Wildman–Crippen LogP) is 2.41. The number of nitrogens with one attached hydrogen (secondary N) is 4. The second kappa shape index (κ2) is 12.3. The molecule has 3 aliphatic heterocycles. The van der Waals surface area contributed by atoms with E-state index in [1.54, 1.807) is 12.0 Å². The van der Waals surface area contributed by atoms with Crippen LogP contribution in [0.25, 0.3) is 0 Å². The minimum Gasteiger partial charge on any atom is -0.493 e. The quantitative estimate of drug-likeness (QED) is 0.384. The molecule has 0 radical (unpaired) electrons. The van der Waals surface area contributed by atoms with Gasteiger partial charge in [-0.05, 0) is 44.9 Å².